The van der Waals surface area contributed by atoms with Gasteiger partial charge in [0.1, 0.15) is 0 Å². The van der Waals surface area contributed by atoms with E-state index in [0.29, 0.717) is 6.54 Å². The fraction of sp³-hybridized carbons (Fsp3) is 0.200. The van der Waals surface area contributed by atoms with Crippen molar-refractivity contribution in [3.63, 3.8) is 0 Å². The highest BCUT2D eigenvalue weighted by molar-refractivity contribution is 5.86. The number of aromatic nitrogens is 1. The lowest BCUT2D eigenvalue weighted by Crippen LogP contribution is -2.41. The number of benzene rings is 2. The van der Waals surface area contributed by atoms with E-state index >= 15 is 0 Å². The molecular formula is C20H21N3O3. The third kappa shape index (κ3) is 4.49. The van der Waals surface area contributed by atoms with Crippen molar-refractivity contribution in [3.05, 3.63) is 82.8 Å². The maximum atomic E-state index is 12.0. The normalized spacial score (nSPS) is 11.9. The summed E-state index contributed by atoms with van der Waals surface area (Å²) in [7, 11) is 0. The first-order valence-electron chi connectivity index (χ1n) is 8.45. The molecule has 0 bridgehead atoms. The number of amides is 2. The summed E-state index contributed by atoms with van der Waals surface area (Å²) in [5.74, 6) is 0. The summed E-state index contributed by atoms with van der Waals surface area (Å²) in [6.45, 7) is 0.577. The highest BCUT2D eigenvalue weighted by Crippen LogP contribution is 2.18. The molecule has 0 saturated heterocycles. The van der Waals surface area contributed by atoms with Gasteiger partial charge in [-0.15, -0.1) is 0 Å². The average Bonchev–Trinajstić information content (AvgIpc) is 2.66. The number of aliphatic hydroxyl groups is 1. The van der Waals surface area contributed by atoms with E-state index in [2.05, 4.69) is 10.6 Å². The molecule has 0 aliphatic heterocycles. The second-order valence-corrected chi connectivity index (χ2v) is 6.05. The standard InChI is InChI=1S/C20H21N3O3/c24-17(14-23-11-4-3-10-19(23)25)13-22-20(26)21-12-16-8-5-7-15-6-1-2-9-18(15)16/h1-11,17,24H,12-14H2,(H2,21,22,26). The molecule has 3 N–H and O–H groups in total. The summed E-state index contributed by atoms with van der Waals surface area (Å²) in [4.78, 5) is 23.6. The van der Waals surface area contributed by atoms with Crippen LogP contribution >= 0.6 is 0 Å². The minimum Gasteiger partial charge on any atom is -0.389 e. The Hall–Kier alpha value is -3.12. The molecule has 0 saturated carbocycles. The van der Waals surface area contributed by atoms with Crippen molar-refractivity contribution in [1.29, 1.82) is 0 Å². The summed E-state index contributed by atoms with van der Waals surface area (Å²) in [6.07, 6.45) is 0.755. The van der Waals surface area contributed by atoms with Gasteiger partial charge in [-0.2, -0.15) is 0 Å². The van der Waals surface area contributed by atoms with Crippen molar-refractivity contribution in [1.82, 2.24) is 15.2 Å². The summed E-state index contributed by atoms with van der Waals surface area (Å²) >= 11 is 0. The van der Waals surface area contributed by atoms with Crippen LogP contribution in [0.3, 0.4) is 0 Å². The minimum absolute atomic E-state index is 0.0582. The molecule has 134 valence electrons. The Bertz CT molecular complexity index is 947. The van der Waals surface area contributed by atoms with Gasteiger partial charge in [0.05, 0.1) is 12.6 Å². The zero-order valence-corrected chi connectivity index (χ0v) is 14.3. The molecule has 3 rings (SSSR count). The number of fused-ring (bicyclic) bond motifs is 1. The first-order valence-corrected chi connectivity index (χ1v) is 8.45. The van der Waals surface area contributed by atoms with Crippen molar-refractivity contribution >= 4 is 16.8 Å². The van der Waals surface area contributed by atoms with Gasteiger partial charge < -0.3 is 20.3 Å². The maximum Gasteiger partial charge on any atom is 0.315 e. The van der Waals surface area contributed by atoms with Crippen LogP contribution in [0.5, 0.6) is 0 Å². The van der Waals surface area contributed by atoms with Gasteiger partial charge in [-0.1, -0.05) is 48.5 Å². The molecule has 6 heteroatoms. The van der Waals surface area contributed by atoms with E-state index in [1.807, 2.05) is 42.5 Å². The van der Waals surface area contributed by atoms with Crippen LogP contribution in [-0.2, 0) is 13.1 Å². The van der Waals surface area contributed by atoms with Gasteiger partial charge in [0.25, 0.3) is 5.56 Å². The van der Waals surface area contributed by atoms with Gasteiger partial charge >= 0.3 is 6.03 Å². The van der Waals surface area contributed by atoms with E-state index in [0.717, 1.165) is 16.3 Å². The van der Waals surface area contributed by atoms with Crippen LogP contribution in [0, 0.1) is 0 Å². The Kier molecular flexibility index (Phi) is 5.66. The Balaban J connectivity index is 1.50. The molecule has 1 aromatic heterocycles. The predicted octanol–water partition coefficient (Wildman–Crippen LogP) is 1.86. The molecule has 0 fully saturated rings. The first kappa shape index (κ1) is 17.7. The third-order valence-corrected chi connectivity index (χ3v) is 4.12. The summed E-state index contributed by atoms with van der Waals surface area (Å²) in [5.41, 5.74) is 0.835. The van der Waals surface area contributed by atoms with Gasteiger partial charge in [0.15, 0.2) is 0 Å². The zero-order chi connectivity index (χ0) is 18.4. The van der Waals surface area contributed by atoms with Crippen molar-refractivity contribution in [2.24, 2.45) is 0 Å². The summed E-state index contributed by atoms with van der Waals surface area (Å²) in [6, 6.07) is 18.4. The molecule has 26 heavy (non-hydrogen) atoms. The molecule has 0 aliphatic carbocycles. The number of carbonyl (C=O) groups excluding carboxylic acids is 1. The van der Waals surface area contributed by atoms with Crippen LogP contribution in [0.25, 0.3) is 10.8 Å². The van der Waals surface area contributed by atoms with Gasteiger partial charge in [-0.25, -0.2) is 4.79 Å². The zero-order valence-electron chi connectivity index (χ0n) is 14.3. The number of rotatable bonds is 6. The second kappa shape index (κ2) is 8.31. The lowest BCUT2D eigenvalue weighted by atomic mass is 10.0. The Morgan fingerprint density at radius 1 is 1.00 bits per heavy atom. The lowest BCUT2D eigenvalue weighted by Gasteiger charge is -2.14. The highest BCUT2D eigenvalue weighted by atomic mass is 16.3. The molecule has 6 nitrogen and oxygen atoms in total. The van der Waals surface area contributed by atoms with Crippen molar-refractivity contribution in [3.8, 4) is 0 Å². The fourth-order valence-electron chi connectivity index (χ4n) is 2.80. The number of aliphatic hydroxyl groups excluding tert-OH is 1. The molecule has 0 aliphatic rings. The van der Waals surface area contributed by atoms with Crippen LogP contribution in [-0.4, -0.2) is 28.4 Å². The van der Waals surface area contributed by atoms with E-state index in [-0.39, 0.29) is 24.7 Å². The topological polar surface area (TPSA) is 83.4 Å². The Morgan fingerprint density at radius 3 is 2.62 bits per heavy atom. The molecule has 3 aromatic rings. The molecule has 1 atom stereocenters. The maximum absolute atomic E-state index is 12.0. The number of nitrogens with zero attached hydrogens (tertiary/aromatic N) is 1. The molecule has 1 unspecified atom stereocenters. The molecule has 2 amide bonds. The van der Waals surface area contributed by atoms with Gasteiger partial charge in [0.2, 0.25) is 0 Å². The second-order valence-electron chi connectivity index (χ2n) is 6.05. The molecule has 0 radical (unpaired) electrons. The number of hydrogen-bond acceptors (Lipinski definition) is 3. The molecule has 0 spiro atoms. The smallest absolute Gasteiger partial charge is 0.315 e. The summed E-state index contributed by atoms with van der Waals surface area (Å²) in [5, 5.41) is 17.6. The van der Waals surface area contributed by atoms with E-state index in [4.69, 9.17) is 0 Å². The first-order chi connectivity index (χ1) is 12.6. The number of hydrogen-bond donors (Lipinski definition) is 3. The van der Waals surface area contributed by atoms with Gasteiger partial charge in [-0.05, 0) is 22.4 Å². The molecular weight excluding hydrogens is 330 g/mol. The van der Waals surface area contributed by atoms with Crippen molar-refractivity contribution in [2.75, 3.05) is 6.54 Å². The number of urea groups is 1. The minimum atomic E-state index is -0.849. The van der Waals surface area contributed by atoms with Crippen LogP contribution in [0.4, 0.5) is 4.79 Å². The summed E-state index contributed by atoms with van der Waals surface area (Å²) < 4.78 is 1.40. The van der Waals surface area contributed by atoms with Gasteiger partial charge in [-0.3, -0.25) is 4.79 Å². The Morgan fingerprint density at radius 2 is 1.77 bits per heavy atom. The van der Waals surface area contributed by atoms with E-state index < -0.39 is 6.10 Å². The lowest BCUT2D eigenvalue weighted by molar-refractivity contribution is 0.150. The average molecular weight is 351 g/mol. The number of nitrogens with one attached hydrogen (secondary N) is 2. The van der Waals surface area contributed by atoms with Gasteiger partial charge in [0, 0.05) is 25.4 Å². The quantitative estimate of drug-likeness (QED) is 0.634. The van der Waals surface area contributed by atoms with Crippen LogP contribution in [0.1, 0.15) is 5.56 Å². The predicted molar refractivity (Wildman–Crippen MR) is 101 cm³/mol. The highest BCUT2D eigenvalue weighted by Gasteiger charge is 2.09. The molecule has 2 aromatic carbocycles. The van der Waals surface area contributed by atoms with E-state index in [1.54, 1.807) is 18.3 Å². The molecule has 1 heterocycles. The van der Waals surface area contributed by atoms with Crippen LogP contribution < -0.4 is 16.2 Å². The number of carbonyl (C=O) groups is 1. The van der Waals surface area contributed by atoms with Crippen molar-refractivity contribution < 1.29 is 9.90 Å². The number of pyridine rings is 1. The van der Waals surface area contributed by atoms with Crippen LogP contribution in [0.15, 0.2) is 71.7 Å². The SMILES string of the molecule is O=C(NCc1cccc2ccccc12)NCC(O)Cn1ccccc1=O. The third-order valence-electron chi connectivity index (χ3n) is 4.12. The van der Waals surface area contributed by atoms with Crippen molar-refractivity contribution in [2.45, 2.75) is 19.2 Å². The van der Waals surface area contributed by atoms with E-state index in [9.17, 15) is 14.7 Å². The monoisotopic (exact) mass is 351 g/mol. The van der Waals surface area contributed by atoms with Crippen LogP contribution in [0.2, 0.25) is 0 Å². The fourth-order valence-corrected chi connectivity index (χ4v) is 2.80. The largest absolute Gasteiger partial charge is 0.389 e. The Labute approximate surface area is 151 Å². The van der Waals surface area contributed by atoms with E-state index in [1.165, 1.54) is 10.6 Å².